The van der Waals surface area contributed by atoms with E-state index in [9.17, 15) is 20.0 Å². The normalized spacial score (nSPS) is 16.5. The lowest BCUT2D eigenvalue weighted by atomic mass is 10.1. The lowest BCUT2D eigenvalue weighted by molar-refractivity contribution is -0.127. The average molecular weight is 394 g/mol. The topological polar surface area (TPSA) is 99.2 Å². The van der Waals surface area contributed by atoms with E-state index in [4.69, 9.17) is 0 Å². The zero-order valence-electron chi connectivity index (χ0n) is 15.5. The summed E-state index contributed by atoms with van der Waals surface area (Å²) in [5, 5.41) is 20.3. The molecule has 1 saturated heterocycles. The SMILES string of the molecule is CC(=O)N1CCC(n2cc(C#N)c3cc(-c4nc(C)c(C(=O)O)s4)ccc32)C1. The number of rotatable bonds is 3. The molecule has 7 nitrogen and oxygen atoms in total. The van der Waals surface area contributed by atoms with Crippen LogP contribution in [0.25, 0.3) is 21.5 Å². The number of aromatic carboxylic acids is 1. The molecule has 1 fully saturated rings. The predicted molar refractivity (Wildman–Crippen MR) is 105 cm³/mol. The van der Waals surface area contributed by atoms with Crippen molar-refractivity contribution in [2.24, 2.45) is 0 Å². The number of amides is 1. The van der Waals surface area contributed by atoms with Gasteiger partial charge in [0.05, 0.1) is 17.3 Å². The van der Waals surface area contributed by atoms with E-state index in [2.05, 4.69) is 15.6 Å². The zero-order chi connectivity index (χ0) is 20.0. The molecule has 8 heteroatoms. The summed E-state index contributed by atoms with van der Waals surface area (Å²) in [6.07, 6.45) is 2.70. The number of likely N-dealkylation sites (tertiary alicyclic amines) is 1. The molecule has 0 radical (unpaired) electrons. The van der Waals surface area contributed by atoms with Gasteiger partial charge in [0.15, 0.2) is 0 Å². The second-order valence-electron chi connectivity index (χ2n) is 6.94. The molecule has 3 aromatic rings. The number of hydrogen-bond acceptors (Lipinski definition) is 5. The van der Waals surface area contributed by atoms with E-state index in [0.29, 0.717) is 22.8 Å². The maximum atomic E-state index is 11.6. The largest absolute Gasteiger partial charge is 0.477 e. The maximum Gasteiger partial charge on any atom is 0.347 e. The molecule has 1 aromatic carbocycles. The van der Waals surface area contributed by atoms with Crippen molar-refractivity contribution in [2.75, 3.05) is 13.1 Å². The number of aromatic nitrogens is 2. The molecule has 28 heavy (non-hydrogen) atoms. The first-order chi connectivity index (χ1) is 13.4. The molecule has 1 N–H and O–H groups in total. The number of benzene rings is 1. The summed E-state index contributed by atoms with van der Waals surface area (Å²) in [6, 6.07) is 8.13. The second-order valence-corrected chi connectivity index (χ2v) is 7.94. The van der Waals surface area contributed by atoms with E-state index in [-0.39, 0.29) is 16.8 Å². The fraction of sp³-hybridized carbons (Fsp3) is 0.300. The van der Waals surface area contributed by atoms with Crippen molar-refractivity contribution in [1.29, 1.82) is 5.26 Å². The van der Waals surface area contributed by atoms with Crippen molar-refractivity contribution in [2.45, 2.75) is 26.3 Å². The Morgan fingerprint density at radius 1 is 1.39 bits per heavy atom. The first kappa shape index (κ1) is 18.2. The summed E-state index contributed by atoms with van der Waals surface area (Å²) in [4.78, 5) is 29.4. The van der Waals surface area contributed by atoms with Crippen LogP contribution in [0.1, 0.15) is 40.3 Å². The highest BCUT2D eigenvalue weighted by molar-refractivity contribution is 7.17. The first-order valence-electron chi connectivity index (χ1n) is 8.90. The van der Waals surface area contributed by atoms with Gasteiger partial charge in [-0.1, -0.05) is 0 Å². The molecular weight excluding hydrogens is 376 g/mol. The molecule has 4 rings (SSSR count). The van der Waals surface area contributed by atoms with Gasteiger partial charge < -0.3 is 14.6 Å². The lowest BCUT2D eigenvalue weighted by Crippen LogP contribution is -2.26. The number of carboxylic acid groups (broad SMARTS) is 1. The smallest absolute Gasteiger partial charge is 0.347 e. The van der Waals surface area contributed by atoms with Gasteiger partial charge in [-0.25, -0.2) is 9.78 Å². The Hall–Kier alpha value is -3.18. The summed E-state index contributed by atoms with van der Waals surface area (Å²) in [6.45, 7) is 4.61. The fourth-order valence-electron chi connectivity index (χ4n) is 3.75. The van der Waals surface area contributed by atoms with Gasteiger partial charge in [-0.2, -0.15) is 5.26 Å². The molecule has 1 unspecified atom stereocenters. The maximum absolute atomic E-state index is 11.6. The molecule has 3 heterocycles. The highest BCUT2D eigenvalue weighted by Gasteiger charge is 2.27. The third kappa shape index (κ3) is 2.94. The van der Waals surface area contributed by atoms with Crippen LogP contribution in [0.4, 0.5) is 0 Å². The zero-order valence-corrected chi connectivity index (χ0v) is 16.3. The Kier molecular flexibility index (Phi) is 4.40. The van der Waals surface area contributed by atoms with Crippen LogP contribution >= 0.6 is 11.3 Å². The van der Waals surface area contributed by atoms with Crippen molar-refractivity contribution in [3.05, 3.63) is 40.5 Å². The monoisotopic (exact) mass is 394 g/mol. The summed E-state index contributed by atoms with van der Waals surface area (Å²) in [5.41, 5.74) is 2.77. The second kappa shape index (κ2) is 6.77. The number of carbonyl (C=O) groups excluding carboxylic acids is 1. The Bertz CT molecular complexity index is 1150. The molecule has 142 valence electrons. The molecule has 1 amide bonds. The summed E-state index contributed by atoms with van der Waals surface area (Å²) in [7, 11) is 0. The van der Waals surface area contributed by atoms with Gasteiger partial charge in [0.25, 0.3) is 0 Å². The molecule has 1 aliphatic heterocycles. The van der Waals surface area contributed by atoms with Crippen molar-refractivity contribution < 1.29 is 14.7 Å². The number of nitrogens with zero attached hydrogens (tertiary/aromatic N) is 4. The number of aryl methyl sites for hydroxylation is 1. The van der Waals surface area contributed by atoms with Crippen molar-refractivity contribution >= 4 is 34.1 Å². The Morgan fingerprint density at radius 2 is 2.18 bits per heavy atom. The average Bonchev–Trinajstić information content (AvgIpc) is 3.37. The first-order valence-corrected chi connectivity index (χ1v) is 9.72. The van der Waals surface area contributed by atoms with Crippen molar-refractivity contribution in [3.8, 4) is 16.6 Å². The van der Waals surface area contributed by atoms with E-state index < -0.39 is 5.97 Å². The standard InChI is InChI=1S/C20H18N4O3S/c1-11-18(20(26)27)28-19(22-11)13-3-4-17-16(7-13)14(8-21)9-24(17)15-5-6-23(10-15)12(2)25/h3-4,7,9,15H,5-6,10H2,1-2H3,(H,26,27). The van der Waals surface area contributed by atoms with Gasteiger partial charge in [0, 0.05) is 42.7 Å². The van der Waals surface area contributed by atoms with Gasteiger partial charge in [-0.05, 0) is 31.5 Å². The lowest BCUT2D eigenvalue weighted by Gasteiger charge is -2.16. The molecule has 2 aromatic heterocycles. The number of fused-ring (bicyclic) bond motifs is 1. The Morgan fingerprint density at radius 3 is 2.79 bits per heavy atom. The van der Waals surface area contributed by atoms with Crippen LogP contribution in [0.15, 0.2) is 24.4 Å². The summed E-state index contributed by atoms with van der Waals surface area (Å²) in [5.74, 6) is -0.919. The van der Waals surface area contributed by atoms with Gasteiger partial charge in [0.2, 0.25) is 5.91 Å². The molecule has 1 atom stereocenters. The Balaban J connectivity index is 1.77. The summed E-state index contributed by atoms with van der Waals surface area (Å²) < 4.78 is 2.08. The minimum Gasteiger partial charge on any atom is -0.477 e. The van der Waals surface area contributed by atoms with Gasteiger partial charge in [-0.3, -0.25) is 4.79 Å². The molecule has 0 saturated carbocycles. The molecule has 0 bridgehead atoms. The van der Waals surface area contributed by atoms with Crippen LogP contribution in [0.5, 0.6) is 0 Å². The fourth-order valence-corrected chi connectivity index (χ4v) is 4.65. The third-order valence-corrected chi connectivity index (χ3v) is 6.39. The quantitative estimate of drug-likeness (QED) is 0.734. The number of thiazole rings is 1. The number of carboxylic acids is 1. The van der Waals surface area contributed by atoms with Crippen molar-refractivity contribution in [3.63, 3.8) is 0 Å². The molecule has 0 aliphatic carbocycles. The van der Waals surface area contributed by atoms with Crippen LogP contribution in [-0.4, -0.2) is 44.5 Å². The highest BCUT2D eigenvalue weighted by Crippen LogP contribution is 2.34. The minimum atomic E-state index is -0.984. The number of nitriles is 1. The van der Waals surface area contributed by atoms with Crippen LogP contribution in [0, 0.1) is 18.3 Å². The highest BCUT2D eigenvalue weighted by atomic mass is 32.1. The molecular formula is C20H18N4O3S. The van der Waals surface area contributed by atoms with E-state index in [1.807, 2.05) is 29.3 Å². The summed E-state index contributed by atoms with van der Waals surface area (Å²) >= 11 is 1.13. The molecule has 0 spiro atoms. The van der Waals surface area contributed by atoms with Gasteiger partial charge in [0.1, 0.15) is 16.0 Å². The number of carbonyl (C=O) groups is 2. The third-order valence-electron chi connectivity index (χ3n) is 5.19. The van der Waals surface area contributed by atoms with Crippen LogP contribution in [-0.2, 0) is 4.79 Å². The van der Waals surface area contributed by atoms with Gasteiger partial charge >= 0.3 is 5.97 Å². The molecule has 1 aliphatic rings. The van der Waals surface area contributed by atoms with Crippen LogP contribution in [0.3, 0.4) is 0 Å². The Labute approximate surface area is 165 Å². The van der Waals surface area contributed by atoms with E-state index in [0.717, 1.165) is 40.8 Å². The number of hydrogen-bond donors (Lipinski definition) is 1. The van der Waals surface area contributed by atoms with Crippen LogP contribution < -0.4 is 0 Å². The predicted octanol–water partition coefficient (Wildman–Crippen LogP) is 3.44. The van der Waals surface area contributed by atoms with Crippen LogP contribution in [0.2, 0.25) is 0 Å². The van der Waals surface area contributed by atoms with E-state index >= 15 is 0 Å². The van der Waals surface area contributed by atoms with Crippen molar-refractivity contribution in [1.82, 2.24) is 14.5 Å². The van der Waals surface area contributed by atoms with E-state index in [1.54, 1.807) is 13.8 Å². The minimum absolute atomic E-state index is 0.0649. The van der Waals surface area contributed by atoms with E-state index in [1.165, 1.54) is 0 Å². The van der Waals surface area contributed by atoms with Gasteiger partial charge in [-0.15, -0.1) is 11.3 Å².